The van der Waals surface area contributed by atoms with Crippen LogP contribution in [0, 0.1) is 10.1 Å². The molecule has 0 aliphatic rings. The predicted octanol–water partition coefficient (Wildman–Crippen LogP) is 3.48. The molecule has 0 aliphatic carbocycles. The van der Waals surface area contributed by atoms with Crippen molar-refractivity contribution in [2.75, 3.05) is 0 Å². The molecule has 9 heteroatoms. The lowest BCUT2D eigenvalue weighted by molar-refractivity contribution is -0.384. The van der Waals surface area contributed by atoms with Crippen LogP contribution in [0.5, 0.6) is 0 Å². The summed E-state index contributed by atoms with van der Waals surface area (Å²) in [5, 5.41) is 14.0. The molecule has 0 bridgehead atoms. The molecule has 0 atom stereocenters. The molecule has 2 aromatic heterocycles. The molecule has 0 aliphatic heterocycles. The number of benzene rings is 1. The molecule has 0 spiro atoms. The zero-order chi connectivity index (χ0) is 17.3. The second kappa shape index (κ2) is 6.46. The Labute approximate surface area is 146 Å². The van der Waals surface area contributed by atoms with Crippen LogP contribution in [0.2, 0.25) is 10.0 Å². The Hall–Kier alpha value is -2.64. The van der Waals surface area contributed by atoms with Crippen molar-refractivity contribution >= 4 is 40.4 Å². The third-order valence-electron chi connectivity index (χ3n) is 3.30. The molecule has 24 heavy (non-hydrogen) atoms. The lowest BCUT2D eigenvalue weighted by Crippen LogP contribution is -2.23. The van der Waals surface area contributed by atoms with Gasteiger partial charge >= 0.3 is 0 Å². The van der Waals surface area contributed by atoms with E-state index in [9.17, 15) is 14.9 Å². The van der Waals surface area contributed by atoms with Crippen molar-refractivity contribution in [1.82, 2.24) is 14.7 Å². The Morgan fingerprint density at radius 3 is 2.75 bits per heavy atom. The molecular formula is C15H10Cl2N4O3. The summed E-state index contributed by atoms with van der Waals surface area (Å²) in [5.41, 5.74) is 1.34. The van der Waals surface area contributed by atoms with Crippen molar-refractivity contribution in [3.05, 3.63) is 74.1 Å². The molecule has 1 N–H and O–H groups in total. The molecule has 122 valence electrons. The second-order valence-corrected chi connectivity index (χ2v) is 5.79. The number of halogens is 2. The van der Waals surface area contributed by atoms with Gasteiger partial charge in [0.15, 0.2) is 0 Å². The van der Waals surface area contributed by atoms with E-state index >= 15 is 0 Å². The minimum absolute atomic E-state index is 0.0171. The van der Waals surface area contributed by atoms with Gasteiger partial charge in [0.1, 0.15) is 5.65 Å². The second-order valence-electron chi connectivity index (χ2n) is 4.95. The van der Waals surface area contributed by atoms with Crippen LogP contribution in [0.25, 0.3) is 5.65 Å². The van der Waals surface area contributed by atoms with Gasteiger partial charge in [-0.2, -0.15) is 0 Å². The average Bonchev–Trinajstić information content (AvgIpc) is 2.94. The first-order valence-corrected chi connectivity index (χ1v) is 7.55. The molecule has 7 nitrogen and oxygen atoms in total. The van der Waals surface area contributed by atoms with Crippen molar-refractivity contribution in [2.24, 2.45) is 0 Å². The van der Waals surface area contributed by atoms with Crippen LogP contribution >= 0.6 is 23.2 Å². The fraction of sp³-hybridized carbons (Fsp3) is 0.0667. The zero-order valence-electron chi connectivity index (χ0n) is 12.1. The number of amides is 1. The highest BCUT2D eigenvalue weighted by atomic mass is 35.5. The van der Waals surface area contributed by atoms with Gasteiger partial charge in [0.05, 0.1) is 32.8 Å². The van der Waals surface area contributed by atoms with Crippen LogP contribution in [0.15, 0.2) is 42.7 Å². The molecule has 3 aromatic rings. The van der Waals surface area contributed by atoms with Crippen LogP contribution < -0.4 is 5.32 Å². The number of nitrogens with zero attached hydrogens (tertiary/aromatic N) is 3. The maximum absolute atomic E-state index is 12.2. The maximum Gasteiger partial charge on any atom is 0.270 e. The van der Waals surface area contributed by atoms with Gasteiger partial charge < -0.3 is 9.72 Å². The molecule has 1 amide bonds. The van der Waals surface area contributed by atoms with E-state index in [1.165, 1.54) is 12.1 Å². The summed E-state index contributed by atoms with van der Waals surface area (Å²) < 4.78 is 1.75. The summed E-state index contributed by atoms with van der Waals surface area (Å²) in [7, 11) is 0. The van der Waals surface area contributed by atoms with Gasteiger partial charge in [-0.15, -0.1) is 0 Å². The summed E-state index contributed by atoms with van der Waals surface area (Å²) in [5.74, 6) is -0.440. The summed E-state index contributed by atoms with van der Waals surface area (Å²) in [6, 6.07) is 7.18. The Balaban J connectivity index is 1.73. The van der Waals surface area contributed by atoms with Crippen LogP contribution in [0.4, 0.5) is 5.69 Å². The Morgan fingerprint density at radius 1 is 1.25 bits per heavy atom. The number of nitro benzene ring substituents is 1. The predicted molar refractivity (Wildman–Crippen MR) is 89.5 cm³/mol. The first kappa shape index (κ1) is 16.2. The number of fused-ring (bicyclic) bond motifs is 1. The van der Waals surface area contributed by atoms with Gasteiger partial charge in [-0.3, -0.25) is 14.9 Å². The van der Waals surface area contributed by atoms with Gasteiger partial charge in [0.25, 0.3) is 11.6 Å². The summed E-state index contributed by atoms with van der Waals surface area (Å²) >= 11 is 11.8. The normalized spacial score (nSPS) is 10.8. The number of rotatable bonds is 4. The fourth-order valence-corrected chi connectivity index (χ4v) is 2.60. The highest BCUT2D eigenvalue weighted by molar-refractivity contribution is 6.34. The number of non-ortho nitro benzene ring substituents is 1. The van der Waals surface area contributed by atoms with Crippen LogP contribution in [-0.4, -0.2) is 20.2 Å². The molecule has 0 saturated heterocycles. The van der Waals surface area contributed by atoms with E-state index in [-0.39, 0.29) is 22.8 Å². The number of hydrogen-bond acceptors (Lipinski definition) is 4. The van der Waals surface area contributed by atoms with Gasteiger partial charge in [-0.25, -0.2) is 4.98 Å². The number of nitro groups is 1. The van der Waals surface area contributed by atoms with Crippen LogP contribution in [-0.2, 0) is 6.54 Å². The molecule has 0 fully saturated rings. The standard InChI is InChI=1S/C15H10Cl2N4O3/c16-9-1-4-14-19-10(8-20(14)7-9)6-18-15(22)12-3-2-11(21(23)24)5-13(12)17/h1-5,7-8H,6H2,(H,18,22). The van der Waals surface area contributed by atoms with Crippen LogP contribution in [0.1, 0.15) is 16.1 Å². The van der Waals surface area contributed by atoms with E-state index in [0.29, 0.717) is 16.4 Å². The highest BCUT2D eigenvalue weighted by Crippen LogP contribution is 2.22. The average molecular weight is 365 g/mol. The van der Waals surface area contributed by atoms with E-state index < -0.39 is 10.8 Å². The third-order valence-corrected chi connectivity index (χ3v) is 3.84. The number of pyridine rings is 1. The van der Waals surface area contributed by atoms with Gasteiger partial charge in [0.2, 0.25) is 0 Å². The van der Waals surface area contributed by atoms with Crippen molar-refractivity contribution in [1.29, 1.82) is 0 Å². The van der Waals surface area contributed by atoms with Crippen LogP contribution in [0.3, 0.4) is 0 Å². The quantitative estimate of drug-likeness (QED) is 0.566. The van der Waals surface area contributed by atoms with E-state index in [1.54, 1.807) is 28.9 Å². The van der Waals surface area contributed by atoms with E-state index in [4.69, 9.17) is 23.2 Å². The van der Waals surface area contributed by atoms with Gasteiger partial charge in [0, 0.05) is 24.5 Å². The summed E-state index contributed by atoms with van der Waals surface area (Å²) in [6.07, 6.45) is 3.46. The smallest absolute Gasteiger partial charge is 0.270 e. The summed E-state index contributed by atoms with van der Waals surface area (Å²) in [6.45, 7) is 0.186. The van der Waals surface area contributed by atoms with Crippen molar-refractivity contribution < 1.29 is 9.72 Å². The SMILES string of the molecule is O=C(NCc1cn2cc(Cl)ccc2n1)c1ccc([N+](=O)[O-])cc1Cl. The monoisotopic (exact) mass is 364 g/mol. The van der Waals surface area contributed by atoms with Crippen molar-refractivity contribution in [3.8, 4) is 0 Å². The fourth-order valence-electron chi connectivity index (χ4n) is 2.17. The molecule has 1 aromatic carbocycles. The first-order valence-electron chi connectivity index (χ1n) is 6.79. The van der Waals surface area contributed by atoms with E-state index in [0.717, 1.165) is 6.07 Å². The maximum atomic E-state index is 12.2. The Bertz CT molecular complexity index is 955. The molecular weight excluding hydrogens is 355 g/mol. The molecule has 2 heterocycles. The lowest BCUT2D eigenvalue weighted by Gasteiger charge is -2.05. The Kier molecular flexibility index (Phi) is 4.37. The minimum atomic E-state index is -0.574. The number of carbonyl (C=O) groups is 1. The van der Waals surface area contributed by atoms with Crippen molar-refractivity contribution in [3.63, 3.8) is 0 Å². The first-order chi connectivity index (χ1) is 11.4. The van der Waals surface area contributed by atoms with E-state index in [1.807, 2.05) is 0 Å². The molecule has 0 unspecified atom stereocenters. The van der Waals surface area contributed by atoms with E-state index in [2.05, 4.69) is 10.3 Å². The van der Waals surface area contributed by atoms with Gasteiger partial charge in [-0.05, 0) is 18.2 Å². The summed E-state index contributed by atoms with van der Waals surface area (Å²) in [4.78, 5) is 26.6. The number of carbonyl (C=O) groups excluding carboxylic acids is 1. The molecule has 3 rings (SSSR count). The lowest BCUT2D eigenvalue weighted by atomic mass is 10.2. The topological polar surface area (TPSA) is 89.5 Å². The van der Waals surface area contributed by atoms with Gasteiger partial charge in [-0.1, -0.05) is 23.2 Å². The number of aromatic nitrogens is 2. The zero-order valence-corrected chi connectivity index (χ0v) is 13.6. The van der Waals surface area contributed by atoms with Crippen molar-refractivity contribution in [2.45, 2.75) is 6.54 Å². The number of nitrogens with one attached hydrogen (secondary N) is 1. The molecule has 0 saturated carbocycles. The highest BCUT2D eigenvalue weighted by Gasteiger charge is 2.15. The Morgan fingerprint density at radius 2 is 2.04 bits per heavy atom. The largest absolute Gasteiger partial charge is 0.346 e. The number of imidazole rings is 1. The molecule has 0 radical (unpaired) electrons. The number of hydrogen-bond donors (Lipinski definition) is 1. The third kappa shape index (κ3) is 3.32. The minimum Gasteiger partial charge on any atom is -0.346 e.